The number of nitrogens with zero attached hydrogens (tertiary/aromatic N) is 2. The first-order chi connectivity index (χ1) is 14.1. The van der Waals surface area contributed by atoms with Crippen molar-refractivity contribution in [2.45, 2.75) is 37.8 Å². The molecule has 0 aliphatic carbocycles. The number of benzene rings is 2. The van der Waals surface area contributed by atoms with Crippen LogP contribution in [0.25, 0.3) is 0 Å². The van der Waals surface area contributed by atoms with E-state index in [0.29, 0.717) is 6.61 Å². The Kier molecular flexibility index (Phi) is 12.0. The summed E-state index contributed by atoms with van der Waals surface area (Å²) in [5.41, 5.74) is 1.93. The van der Waals surface area contributed by atoms with E-state index in [2.05, 4.69) is 65.9 Å². The number of piperidine rings is 1. The van der Waals surface area contributed by atoms with E-state index in [1.165, 1.54) is 5.56 Å². The van der Waals surface area contributed by atoms with Crippen molar-refractivity contribution in [3.63, 3.8) is 0 Å². The van der Waals surface area contributed by atoms with Crippen LogP contribution in [0.15, 0.2) is 67.3 Å². The van der Waals surface area contributed by atoms with Gasteiger partial charge in [0.05, 0.1) is 12.2 Å². The predicted octanol–water partition coefficient (Wildman–Crippen LogP) is 5.34. The molecule has 0 spiro atoms. The van der Waals surface area contributed by atoms with Crippen LogP contribution in [0.5, 0.6) is 5.75 Å². The minimum Gasteiger partial charge on any atom is -0.493 e. The number of halogens is 2. The molecule has 0 saturated carbocycles. The summed E-state index contributed by atoms with van der Waals surface area (Å²) >= 11 is 0. The second-order valence-corrected chi connectivity index (χ2v) is 8.08. The molecule has 172 valence electrons. The first kappa shape index (κ1) is 27.3. The lowest BCUT2D eigenvalue weighted by molar-refractivity contribution is -0.0275. The molecule has 4 nitrogen and oxygen atoms in total. The normalized spacial score (nSPS) is 15.3. The number of hydrogen-bond acceptors (Lipinski definition) is 4. The molecule has 1 aliphatic rings. The van der Waals surface area contributed by atoms with Crippen LogP contribution in [0, 0.1) is 0 Å². The molecular weight excluding hydrogens is 431 g/mol. The predicted molar refractivity (Wildman–Crippen MR) is 135 cm³/mol. The summed E-state index contributed by atoms with van der Waals surface area (Å²) in [7, 11) is 2.08. The fourth-order valence-electron chi connectivity index (χ4n) is 3.78. The monoisotopic (exact) mass is 466 g/mol. The molecule has 1 fully saturated rings. The number of aliphatic hydroxyl groups is 1. The van der Waals surface area contributed by atoms with Gasteiger partial charge in [0.2, 0.25) is 0 Å². The van der Waals surface area contributed by atoms with E-state index in [1.807, 2.05) is 18.2 Å². The van der Waals surface area contributed by atoms with Gasteiger partial charge >= 0.3 is 0 Å². The minimum absolute atomic E-state index is 0. The van der Waals surface area contributed by atoms with Crippen molar-refractivity contribution < 1.29 is 9.84 Å². The zero-order chi connectivity index (χ0) is 20.5. The Labute approximate surface area is 199 Å². The summed E-state index contributed by atoms with van der Waals surface area (Å²) in [6.07, 6.45) is 5.18. The molecule has 0 amide bonds. The van der Waals surface area contributed by atoms with Crippen LogP contribution in [0.1, 0.15) is 31.2 Å². The standard InChI is InChI=1S/C25H34N2O2.2ClH/c1-3-4-20-29-24-12-10-23(11-13-24)26(2)17-14-25(28)15-18-27(19-16-25)21-22-8-6-5-7-9-22;;/h3,5-13,28H,1,4,14-21H2,2H3;2*1H. The van der Waals surface area contributed by atoms with E-state index in [0.717, 1.165) is 63.3 Å². The number of rotatable bonds is 10. The average molecular weight is 467 g/mol. The molecule has 31 heavy (non-hydrogen) atoms. The topological polar surface area (TPSA) is 35.9 Å². The molecule has 0 aromatic heterocycles. The first-order valence-electron chi connectivity index (χ1n) is 10.6. The third kappa shape index (κ3) is 8.74. The zero-order valence-electron chi connectivity index (χ0n) is 18.4. The van der Waals surface area contributed by atoms with Crippen molar-refractivity contribution in [1.82, 2.24) is 4.90 Å². The molecule has 3 rings (SSSR count). The van der Waals surface area contributed by atoms with E-state index < -0.39 is 5.60 Å². The van der Waals surface area contributed by atoms with Gasteiger partial charge in [-0.1, -0.05) is 36.4 Å². The van der Waals surface area contributed by atoms with Gasteiger partial charge in [-0.05, 0) is 55.5 Å². The van der Waals surface area contributed by atoms with Crippen LogP contribution < -0.4 is 9.64 Å². The molecule has 1 N–H and O–H groups in total. The molecular formula is C25H36Cl2N2O2. The van der Waals surface area contributed by atoms with Gasteiger partial charge in [0, 0.05) is 38.9 Å². The molecule has 6 heteroatoms. The molecule has 0 unspecified atom stereocenters. The van der Waals surface area contributed by atoms with Crippen LogP contribution in [-0.2, 0) is 6.54 Å². The lowest BCUT2D eigenvalue weighted by Gasteiger charge is -2.39. The minimum atomic E-state index is -0.560. The van der Waals surface area contributed by atoms with Gasteiger partial charge in [-0.15, -0.1) is 31.4 Å². The number of ether oxygens (including phenoxy) is 1. The first-order valence-corrected chi connectivity index (χ1v) is 10.6. The molecule has 0 bridgehead atoms. The molecule has 1 aliphatic heterocycles. The largest absolute Gasteiger partial charge is 0.493 e. The Morgan fingerprint density at radius 3 is 2.32 bits per heavy atom. The summed E-state index contributed by atoms with van der Waals surface area (Å²) < 4.78 is 5.67. The summed E-state index contributed by atoms with van der Waals surface area (Å²) in [4.78, 5) is 4.65. The highest BCUT2D eigenvalue weighted by atomic mass is 35.5. The quantitative estimate of drug-likeness (QED) is 0.378. The fourth-order valence-corrected chi connectivity index (χ4v) is 3.78. The van der Waals surface area contributed by atoms with Gasteiger partial charge in [-0.3, -0.25) is 4.90 Å². The second-order valence-electron chi connectivity index (χ2n) is 8.08. The van der Waals surface area contributed by atoms with Crippen LogP contribution in [0.3, 0.4) is 0 Å². The molecule has 2 aromatic carbocycles. The smallest absolute Gasteiger partial charge is 0.119 e. The molecule has 1 saturated heterocycles. The van der Waals surface area contributed by atoms with Gasteiger partial charge in [-0.25, -0.2) is 0 Å². The Morgan fingerprint density at radius 2 is 1.71 bits per heavy atom. The Hall–Kier alpha value is -1.72. The lowest BCUT2D eigenvalue weighted by atomic mass is 9.88. The van der Waals surface area contributed by atoms with Gasteiger partial charge in [0.15, 0.2) is 0 Å². The lowest BCUT2D eigenvalue weighted by Crippen LogP contribution is -2.45. The Morgan fingerprint density at radius 1 is 1.06 bits per heavy atom. The number of likely N-dealkylation sites (tertiary alicyclic amines) is 1. The molecule has 0 radical (unpaired) electrons. The van der Waals surface area contributed by atoms with Crippen molar-refractivity contribution in [1.29, 1.82) is 0 Å². The summed E-state index contributed by atoms with van der Waals surface area (Å²) in [6, 6.07) is 18.7. The zero-order valence-corrected chi connectivity index (χ0v) is 20.0. The van der Waals surface area contributed by atoms with Crippen LogP contribution in [-0.4, -0.2) is 48.9 Å². The highest BCUT2D eigenvalue weighted by molar-refractivity contribution is 5.85. The highest BCUT2D eigenvalue weighted by Gasteiger charge is 2.32. The number of anilines is 1. The van der Waals surface area contributed by atoms with Crippen LogP contribution >= 0.6 is 24.8 Å². The Bertz CT molecular complexity index is 748. The van der Waals surface area contributed by atoms with E-state index in [-0.39, 0.29) is 24.8 Å². The molecule has 2 aromatic rings. The van der Waals surface area contributed by atoms with Crippen molar-refractivity contribution in [3.8, 4) is 5.75 Å². The van der Waals surface area contributed by atoms with Gasteiger partial charge in [0.25, 0.3) is 0 Å². The fraction of sp³-hybridized carbons (Fsp3) is 0.440. The van der Waals surface area contributed by atoms with Crippen LogP contribution in [0.4, 0.5) is 5.69 Å². The van der Waals surface area contributed by atoms with Gasteiger partial charge in [-0.2, -0.15) is 0 Å². The third-order valence-electron chi connectivity index (χ3n) is 5.82. The third-order valence-corrected chi connectivity index (χ3v) is 5.82. The number of hydrogen-bond donors (Lipinski definition) is 1. The van der Waals surface area contributed by atoms with E-state index in [1.54, 1.807) is 0 Å². The second kappa shape index (κ2) is 13.6. The van der Waals surface area contributed by atoms with E-state index in [4.69, 9.17) is 4.74 Å². The summed E-state index contributed by atoms with van der Waals surface area (Å²) in [6.45, 7) is 8.08. The maximum Gasteiger partial charge on any atom is 0.119 e. The van der Waals surface area contributed by atoms with Crippen molar-refractivity contribution in [3.05, 3.63) is 72.8 Å². The highest BCUT2D eigenvalue weighted by Crippen LogP contribution is 2.28. The van der Waals surface area contributed by atoms with Crippen molar-refractivity contribution in [2.75, 3.05) is 38.2 Å². The summed E-state index contributed by atoms with van der Waals surface area (Å²) in [5, 5.41) is 11.0. The SMILES string of the molecule is C=CCCOc1ccc(N(C)CCC2(O)CCN(Cc3ccccc3)CC2)cc1.Cl.Cl. The average Bonchev–Trinajstić information content (AvgIpc) is 2.75. The maximum absolute atomic E-state index is 11.0. The Balaban J connectivity index is 0.00000240. The van der Waals surface area contributed by atoms with E-state index >= 15 is 0 Å². The molecule has 0 atom stereocenters. The van der Waals surface area contributed by atoms with Crippen molar-refractivity contribution in [2.24, 2.45) is 0 Å². The maximum atomic E-state index is 11.0. The van der Waals surface area contributed by atoms with E-state index in [9.17, 15) is 5.11 Å². The van der Waals surface area contributed by atoms with Crippen molar-refractivity contribution >= 4 is 30.5 Å². The van der Waals surface area contributed by atoms with Gasteiger partial charge < -0.3 is 14.7 Å². The van der Waals surface area contributed by atoms with Crippen LogP contribution in [0.2, 0.25) is 0 Å². The van der Waals surface area contributed by atoms with Gasteiger partial charge in [0.1, 0.15) is 5.75 Å². The molecule has 1 heterocycles. The summed E-state index contributed by atoms with van der Waals surface area (Å²) in [5.74, 6) is 0.883.